The summed E-state index contributed by atoms with van der Waals surface area (Å²) in [6.07, 6.45) is 4.04. The first-order valence-corrected chi connectivity index (χ1v) is 6.49. The second-order valence-electron chi connectivity index (χ2n) is 4.64. The molecule has 100 valence electrons. The minimum Gasteiger partial charge on any atom is -0.368 e. The molecule has 2 saturated heterocycles. The third-order valence-electron chi connectivity index (χ3n) is 3.50. The van der Waals surface area contributed by atoms with Gasteiger partial charge in [0.25, 0.3) is 0 Å². The second kappa shape index (κ2) is 4.70. The molecule has 1 aromatic heterocycles. The van der Waals surface area contributed by atoms with Crippen molar-refractivity contribution in [3.8, 4) is 0 Å². The minimum atomic E-state index is -0.294. The number of nitrogens with zero attached hydrogens (tertiary/aromatic N) is 3. The predicted molar refractivity (Wildman–Crippen MR) is 70.1 cm³/mol. The number of carbonyl (C=O) groups excluding carboxylic acids is 2. The van der Waals surface area contributed by atoms with Crippen LogP contribution in [-0.2, 0) is 4.79 Å². The van der Waals surface area contributed by atoms with Gasteiger partial charge in [-0.2, -0.15) is 0 Å². The van der Waals surface area contributed by atoms with Gasteiger partial charge in [-0.25, -0.2) is 4.79 Å². The standard InChI is InChI=1S/C12H13ClN4O2/c13-9-5-14-3-1-10(9)16-4-2-8(7-16)17-11(18)6-15-12(17)19/h1,3,5,8H,2,4,6-7H2,(H,15,19). The van der Waals surface area contributed by atoms with Gasteiger partial charge in [-0.15, -0.1) is 0 Å². The van der Waals surface area contributed by atoms with Crippen LogP contribution in [0, 0.1) is 0 Å². The topological polar surface area (TPSA) is 65.5 Å². The van der Waals surface area contributed by atoms with Crippen LogP contribution in [0.2, 0.25) is 5.02 Å². The Balaban J connectivity index is 1.76. The molecule has 0 aromatic carbocycles. The number of hydrogen-bond donors (Lipinski definition) is 1. The van der Waals surface area contributed by atoms with E-state index in [4.69, 9.17) is 11.6 Å². The summed E-state index contributed by atoms with van der Waals surface area (Å²) >= 11 is 6.11. The van der Waals surface area contributed by atoms with E-state index in [1.807, 2.05) is 6.07 Å². The molecule has 0 aliphatic carbocycles. The maximum Gasteiger partial charge on any atom is 0.324 e. The molecule has 0 spiro atoms. The summed E-state index contributed by atoms with van der Waals surface area (Å²) in [6.45, 7) is 1.49. The van der Waals surface area contributed by atoms with Crippen molar-refractivity contribution in [3.63, 3.8) is 0 Å². The van der Waals surface area contributed by atoms with Crippen molar-refractivity contribution in [3.05, 3.63) is 23.5 Å². The molecule has 1 unspecified atom stereocenters. The Morgan fingerprint density at radius 3 is 2.95 bits per heavy atom. The van der Waals surface area contributed by atoms with Gasteiger partial charge in [0.15, 0.2) is 0 Å². The zero-order valence-electron chi connectivity index (χ0n) is 10.2. The molecule has 0 radical (unpaired) electrons. The average Bonchev–Trinajstić information content (AvgIpc) is 2.97. The van der Waals surface area contributed by atoms with Gasteiger partial charge in [-0.3, -0.25) is 14.7 Å². The number of amides is 3. The summed E-state index contributed by atoms with van der Waals surface area (Å²) < 4.78 is 0. The highest BCUT2D eigenvalue weighted by molar-refractivity contribution is 6.33. The second-order valence-corrected chi connectivity index (χ2v) is 5.05. The van der Waals surface area contributed by atoms with Crippen LogP contribution < -0.4 is 10.2 Å². The lowest BCUT2D eigenvalue weighted by Gasteiger charge is -2.23. The van der Waals surface area contributed by atoms with E-state index in [2.05, 4.69) is 15.2 Å². The molecular weight excluding hydrogens is 268 g/mol. The normalized spacial score (nSPS) is 23.1. The van der Waals surface area contributed by atoms with Crippen molar-refractivity contribution in [2.75, 3.05) is 24.5 Å². The summed E-state index contributed by atoms with van der Waals surface area (Å²) in [5.41, 5.74) is 0.895. The van der Waals surface area contributed by atoms with Crippen LogP contribution in [0.3, 0.4) is 0 Å². The number of urea groups is 1. The fraction of sp³-hybridized carbons (Fsp3) is 0.417. The first-order valence-electron chi connectivity index (χ1n) is 6.11. The number of carbonyl (C=O) groups is 2. The Hall–Kier alpha value is -1.82. The number of pyridine rings is 1. The third-order valence-corrected chi connectivity index (χ3v) is 3.79. The van der Waals surface area contributed by atoms with E-state index in [9.17, 15) is 9.59 Å². The highest BCUT2D eigenvalue weighted by Gasteiger charge is 2.38. The number of hydrogen-bond acceptors (Lipinski definition) is 4. The Bertz CT molecular complexity index is 520. The molecular formula is C12H13ClN4O2. The Labute approximate surface area is 115 Å². The average molecular weight is 281 g/mol. The highest BCUT2D eigenvalue weighted by Crippen LogP contribution is 2.29. The van der Waals surface area contributed by atoms with Crippen LogP contribution in [0.5, 0.6) is 0 Å². The van der Waals surface area contributed by atoms with E-state index >= 15 is 0 Å². The van der Waals surface area contributed by atoms with Gasteiger partial charge in [0.2, 0.25) is 5.91 Å². The fourth-order valence-corrected chi connectivity index (χ4v) is 2.84. The summed E-state index contributed by atoms with van der Waals surface area (Å²) in [4.78, 5) is 30.6. The van der Waals surface area contributed by atoms with E-state index in [0.29, 0.717) is 11.6 Å². The van der Waals surface area contributed by atoms with Crippen molar-refractivity contribution in [2.24, 2.45) is 0 Å². The molecule has 19 heavy (non-hydrogen) atoms. The molecule has 2 fully saturated rings. The lowest BCUT2D eigenvalue weighted by Crippen LogP contribution is -2.42. The van der Waals surface area contributed by atoms with Crippen LogP contribution >= 0.6 is 11.6 Å². The molecule has 0 bridgehead atoms. The maximum atomic E-state index is 11.7. The third kappa shape index (κ3) is 2.12. The SMILES string of the molecule is O=C1CNC(=O)N1C1CCN(c2ccncc2Cl)C1. The van der Waals surface area contributed by atoms with Crippen molar-refractivity contribution < 1.29 is 9.59 Å². The fourth-order valence-electron chi connectivity index (χ4n) is 2.60. The Morgan fingerprint density at radius 2 is 2.26 bits per heavy atom. The number of aromatic nitrogens is 1. The summed E-state index contributed by atoms with van der Waals surface area (Å²) in [7, 11) is 0. The van der Waals surface area contributed by atoms with Gasteiger partial charge in [0.05, 0.1) is 23.3 Å². The first kappa shape index (κ1) is 12.2. The molecule has 7 heteroatoms. The van der Waals surface area contributed by atoms with Gasteiger partial charge in [-0.05, 0) is 12.5 Å². The molecule has 0 saturated carbocycles. The Morgan fingerprint density at radius 1 is 1.42 bits per heavy atom. The highest BCUT2D eigenvalue weighted by atomic mass is 35.5. The zero-order valence-corrected chi connectivity index (χ0v) is 10.9. The summed E-state index contributed by atoms with van der Waals surface area (Å²) in [5.74, 6) is -0.155. The molecule has 2 aliphatic heterocycles. The van der Waals surface area contributed by atoms with Crippen LogP contribution in [0.15, 0.2) is 18.5 Å². The molecule has 2 aliphatic rings. The monoisotopic (exact) mass is 280 g/mol. The lowest BCUT2D eigenvalue weighted by atomic mass is 10.2. The number of imide groups is 1. The van der Waals surface area contributed by atoms with E-state index < -0.39 is 0 Å². The smallest absolute Gasteiger partial charge is 0.324 e. The number of halogens is 1. The van der Waals surface area contributed by atoms with E-state index in [1.165, 1.54) is 4.90 Å². The number of rotatable bonds is 2. The van der Waals surface area contributed by atoms with Gasteiger partial charge >= 0.3 is 6.03 Å². The number of nitrogens with one attached hydrogen (secondary N) is 1. The first-order chi connectivity index (χ1) is 9.16. The van der Waals surface area contributed by atoms with E-state index in [0.717, 1.165) is 18.7 Å². The van der Waals surface area contributed by atoms with Crippen LogP contribution in [0.1, 0.15) is 6.42 Å². The predicted octanol–water partition coefficient (Wildman–Crippen LogP) is 0.865. The molecule has 3 rings (SSSR count). The molecule has 1 aromatic rings. The summed E-state index contributed by atoms with van der Waals surface area (Å²) in [5, 5.41) is 3.13. The van der Waals surface area contributed by atoms with Crippen LogP contribution in [0.4, 0.5) is 10.5 Å². The van der Waals surface area contributed by atoms with Gasteiger partial charge < -0.3 is 10.2 Å². The molecule has 3 heterocycles. The maximum absolute atomic E-state index is 11.7. The van der Waals surface area contributed by atoms with Gasteiger partial charge in [-0.1, -0.05) is 11.6 Å². The van der Waals surface area contributed by atoms with Crippen LogP contribution in [0.25, 0.3) is 0 Å². The largest absolute Gasteiger partial charge is 0.368 e. The van der Waals surface area contributed by atoms with Gasteiger partial charge in [0, 0.05) is 25.5 Å². The van der Waals surface area contributed by atoms with E-state index in [-0.39, 0.29) is 24.5 Å². The Kier molecular flexibility index (Phi) is 3.02. The van der Waals surface area contributed by atoms with Crippen molar-refractivity contribution in [1.29, 1.82) is 0 Å². The number of anilines is 1. The van der Waals surface area contributed by atoms with E-state index in [1.54, 1.807) is 12.4 Å². The summed E-state index contributed by atoms with van der Waals surface area (Å²) in [6, 6.07) is 1.47. The van der Waals surface area contributed by atoms with Crippen LogP contribution in [-0.4, -0.2) is 47.5 Å². The zero-order chi connectivity index (χ0) is 13.4. The minimum absolute atomic E-state index is 0.0840. The molecule has 1 atom stereocenters. The lowest BCUT2D eigenvalue weighted by molar-refractivity contribution is -0.126. The van der Waals surface area contributed by atoms with Gasteiger partial charge in [0.1, 0.15) is 0 Å². The van der Waals surface area contributed by atoms with Crippen molar-refractivity contribution in [2.45, 2.75) is 12.5 Å². The molecule has 6 nitrogen and oxygen atoms in total. The van der Waals surface area contributed by atoms with Crippen molar-refractivity contribution in [1.82, 2.24) is 15.2 Å². The quantitative estimate of drug-likeness (QED) is 0.816. The molecule has 1 N–H and O–H groups in total. The van der Waals surface area contributed by atoms with Crippen molar-refractivity contribution >= 4 is 29.2 Å². The molecule has 3 amide bonds.